The van der Waals surface area contributed by atoms with Crippen molar-refractivity contribution in [3.05, 3.63) is 89.2 Å². The Kier molecular flexibility index (Phi) is 5.72. The number of halogens is 1. The number of nitrogens with zero attached hydrogens (tertiary/aromatic N) is 1. The predicted molar refractivity (Wildman–Crippen MR) is 134 cm³/mol. The highest BCUT2D eigenvalue weighted by Crippen LogP contribution is 2.48. The molecule has 36 heavy (non-hydrogen) atoms. The molecule has 3 aliphatic rings. The lowest BCUT2D eigenvalue weighted by atomic mass is 9.80. The molecule has 2 fully saturated rings. The zero-order chi connectivity index (χ0) is 24.9. The predicted octanol–water partition coefficient (Wildman–Crippen LogP) is 5.99. The molecular weight excluding hydrogens is 457 g/mol. The zero-order valence-electron chi connectivity index (χ0n) is 20.3. The molecule has 1 N–H and O–H groups in total. The number of ether oxygens (including phenoxy) is 2. The number of amides is 1. The quantitative estimate of drug-likeness (QED) is 0.480. The van der Waals surface area contributed by atoms with E-state index in [4.69, 9.17) is 9.47 Å². The van der Waals surface area contributed by atoms with Gasteiger partial charge in [-0.25, -0.2) is 9.18 Å². The van der Waals surface area contributed by atoms with Crippen LogP contribution in [0.5, 0.6) is 5.75 Å². The molecule has 3 aromatic carbocycles. The first-order valence-corrected chi connectivity index (χ1v) is 12.8. The molecule has 2 saturated heterocycles. The Balaban J connectivity index is 1.18. The summed E-state index contributed by atoms with van der Waals surface area (Å²) in [4.78, 5) is 15.1. The molecule has 6 heteroatoms. The minimum absolute atomic E-state index is 0.00464. The lowest BCUT2D eigenvalue weighted by Crippen LogP contribution is -2.52. The summed E-state index contributed by atoms with van der Waals surface area (Å²) in [5.74, 6) is -0.0204. The molecule has 3 aromatic rings. The third-order valence-electron chi connectivity index (χ3n) is 8.03. The van der Waals surface area contributed by atoms with Crippen molar-refractivity contribution in [2.75, 3.05) is 13.2 Å². The zero-order valence-corrected chi connectivity index (χ0v) is 20.3. The SMILES string of the molecule is CCOc1cc(F)cc(C2(O)CC3CCC(C2)N3C(=O)OCC2c3ccccc3-c3ccccc32)c1. The molecule has 2 aliphatic heterocycles. The van der Waals surface area contributed by atoms with E-state index in [0.29, 0.717) is 30.8 Å². The van der Waals surface area contributed by atoms with Crippen molar-refractivity contribution in [1.82, 2.24) is 4.90 Å². The Morgan fingerprint density at radius 3 is 2.22 bits per heavy atom. The van der Waals surface area contributed by atoms with E-state index in [1.165, 1.54) is 34.4 Å². The third-order valence-corrected chi connectivity index (χ3v) is 8.03. The van der Waals surface area contributed by atoms with Gasteiger partial charge in [-0.15, -0.1) is 0 Å². The second kappa shape index (κ2) is 8.93. The smallest absolute Gasteiger partial charge is 0.410 e. The molecule has 1 amide bonds. The first-order valence-electron chi connectivity index (χ1n) is 12.8. The monoisotopic (exact) mass is 487 g/mol. The van der Waals surface area contributed by atoms with Gasteiger partial charge < -0.3 is 19.5 Å². The molecule has 1 aliphatic carbocycles. The highest BCUT2D eigenvalue weighted by molar-refractivity contribution is 5.79. The Bertz CT molecular complexity index is 1250. The summed E-state index contributed by atoms with van der Waals surface area (Å²) in [6.07, 6.45) is 1.96. The standard InChI is InChI=1S/C30H30FNO4/c1-2-35-23-14-19(13-20(31)15-23)30(34)16-21-11-12-22(17-30)32(21)29(33)36-18-28-26-9-5-3-7-24(26)25-8-4-6-10-27(25)28/h3-10,13-15,21-22,28,34H,2,11-12,16-18H2,1H3. The number of carbonyl (C=O) groups excluding carboxylic acids is 1. The number of rotatable bonds is 5. The second-order valence-electron chi connectivity index (χ2n) is 10.1. The molecule has 186 valence electrons. The topological polar surface area (TPSA) is 59.0 Å². The van der Waals surface area contributed by atoms with Crippen molar-refractivity contribution >= 4 is 6.09 Å². The molecule has 0 radical (unpaired) electrons. The van der Waals surface area contributed by atoms with E-state index in [-0.39, 0.29) is 30.7 Å². The van der Waals surface area contributed by atoms with Gasteiger partial charge in [0.2, 0.25) is 0 Å². The van der Waals surface area contributed by atoms with Gasteiger partial charge in [0.15, 0.2) is 0 Å². The van der Waals surface area contributed by atoms with Crippen LogP contribution in [-0.2, 0) is 10.3 Å². The van der Waals surface area contributed by atoms with Crippen molar-refractivity contribution in [3.8, 4) is 16.9 Å². The fraction of sp³-hybridized carbons (Fsp3) is 0.367. The summed E-state index contributed by atoms with van der Waals surface area (Å²) in [6, 6.07) is 20.7. The second-order valence-corrected chi connectivity index (χ2v) is 10.1. The average Bonchev–Trinajstić information content (AvgIpc) is 3.34. The molecule has 0 aromatic heterocycles. The number of fused-ring (bicyclic) bond motifs is 5. The van der Waals surface area contributed by atoms with E-state index in [2.05, 4.69) is 24.3 Å². The summed E-state index contributed by atoms with van der Waals surface area (Å²) < 4.78 is 25.7. The first kappa shape index (κ1) is 23.0. The van der Waals surface area contributed by atoms with Crippen molar-refractivity contribution in [1.29, 1.82) is 0 Å². The van der Waals surface area contributed by atoms with Gasteiger partial charge >= 0.3 is 6.09 Å². The number of hydrogen-bond acceptors (Lipinski definition) is 4. The van der Waals surface area contributed by atoms with Crippen LogP contribution in [0, 0.1) is 5.82 Å². The van der Waals surface area contributed by atoms with Crippen molar-refractivity contribution in [2.45, 2.75) is 56.2 Å². The molecule has 6 rings (SSSR count). The van der Waals surface area contributed by atoms with Gasteiger partial charge in [-0.05, 0) is 59.7 Å². The molecule has 2 atom stereocenters. The van der Waals surface area contributed by atoms with Gasteiger partial charge in [0, 0.05) is 36.9 Å². The number of piperidine rings is 1. The minimum atomic E-state index is -1.21. The van der Waals surface area contributed by atoms with Crippen LogP contribution in [0.3, 0.4) is 0 Å². The molecule has 2 heterocycles. The molecular formula is C30H30FNO4. The van der Waals surface area contributed by atoms with E-state index in [9.17, 15) is 14.3 Å². The lowest BCUT2D eigenvalue weighted by Gasteiger charge is -2.43. The van der Waals surface area contributed by atoms with E-state index < -0.39 is 11.4 Å². The maximum atomic E-state index is 14.3. The van der Waals surface area contributed by atoms with Gasteiger partial charge in [-0.1, -0.05) is 48.5 Å². The fourth-order valence-electron chi connectivity index (χ4n) is 6.51. The number of carbonyl (C=O) groups is 1. The Hall–Kier alpha value is -3.38. The van der Waals surface area contributed by atoms with Crippen LogP contribution in [0.4, 0.5) is 9.18 Å². The molecule has 2 unspecified atom stereocenters. The third kappa shape index (κ3) is 3.84. The highest BCUT2D eigenvalue weighted by atomic mass is 19.1. The van der Waals surface area contributed by atoms with E-state index in [1.807, 2.05) is 36.1 Å². The van der Waals surface area contributed by atoms with Crippen LogP contribution < -0.4 is 4.74 Å². The average molecular weight is 488 g/mol. The van der Waals surface area contributed by atoms with E-state index in [0.717, 1.165) is 12.8 Å². The normalized spacial score (nSPS) is 24.4. The maximum absolute atomic E-state index is 14.3. The first-order chi connectivity index (χ1) is 17.5. The fourth-order valence-corrected chi connectivity index (χ4v) is 6.51. The lowest BCUT2D eigenvalue weighted by molar-refractivity contribution is -0.0534. The maximum Gasteiger partial charge on any atom is 0.410 e. The largest absolute Gasteiger partial charge is 0.494 e. The number of hydrogen-bond donors (Lipinski definition) is 1. The molecule has 0 spiro atoms. The van der Waals surface area contributed by atoms with Crippen LogP contribution in [0.15, 0.2) is 66.7 Å². The Morgan fingerprint density at radius 2 is 1.61 bits per heavy atom. The highest BCUT2D eigenvalue weighted by Gasteiger charge is 2.51. The van der Waals surface area contributed by atoms with Crippen LogP contribution in [-0.4, -0.2) is 41.4 Å². The van der Waals surface area contributed by atoms with Crippen LogP contribution in [0.2, 0.25) is 0 Å². The van der Waals surface area contributed by atoms with Gasteiger partial charge in [-0.3, -0.25) is 0 Å². The Morgan fingerprint density at radius 1 is 1.00 bits per heavy atom. The number of aliphatic hydroxyl groups is 1. The van der Waals surface area contributed by atoms with Gasteiger partial charge in [-0.2, -0.15) is 0 Å². The van der Waals surface area contributed by atoms with Crippen molar-refractivity contribution in [2.24, 2.45) is 0 Å². The summed E-state index contributed by atoms with van der Waals surface area (Å²) in [7, 11) is 0. The van der Waals surface area contributed by atoms with Gasteiger partial charge in [0.1, 0.15) is 18.2 Å². The van der Waals surface area contributed by atoms with E-state index in [1.54, 1.807) is 6.07 Å². The molecule has 0 saturated carbocycles. The van der Waals surface area contributed by atoms with Gasteiger partial charge in [0.25, 0.3) is 0 Å². The van der Waals surface area contributed by atoms with Crippen molar-refractivity contribution < 1.29 is 23.8 Å². The van der Waals surface area contributed by atoms with Crippen LogP contribution >= 0.6 is 0 Å². The number of benzene rings is 3. The molecule has 2 bridgehead atoms. The summed E-state index contributed by atoms with van der Waals surface area (Å²) in [6.45, 7) is 2.53. The summed E-state index contributed by atoms with van der Waals surface area (Å²) in [5, 5.41) is 11.6. The summed E-state index contributed by atoms with van der Waals surface area (Å²) in [5.41, 5.74) is 4.05. The van der Waals surface area contributed by atoms with E-state index >= 15 is 0 Å². The van der Waals surface area contributed by atoms with Crippen molar-refractivity contribution in [3.63, 3.8) is 0 Å². The minimum Gasteiger partial charge on any atom is -0.494 e. The molecule has 5 nitrogen and oxygen atoms in total. The van der Waals surface area contributed by atoms with Crippen LogP contribution in [0.25, 0.3) is 11.1 Å². The summed E-state index contributed by atoms with van der Waals surface area (Å²) >= 11 is 0. The van der Waals surface area contributed by atoms with Gasteiger partial charge in [0.05, 0.1) is 12.2 Å². The van der Waals surface area contributed by atoms with Crippen LogP contribution in [0.1, 0.15) is 55.2 Å². The Labute approximate surface area is 210 Å².